The average Bonchev–Trinajstić information content (AvgIpc) is 3.15. The molecule has 0 saturated heterocycles. The summed E-state index contributed by atoms with van der Waals surface area (Å²) in [4.78, 5) is 14.8. The highest BCUT2D eigenvalue weighted by molar-refractivity contribution is 6.35. The van der Waals surface area contributed by atoms with Crippen molar-refractivity contribution in [2.24, 2.45) is 0 Å². The van der Waals surface area contributed by atoms with Crippen LogP contribution in [-0.2, 0) is 13.1 Å². The van der Waals surface area contributed by atoms with Crippen LogP contribution in [-0.4, -0.2) is 22.0 Å². The minimum absolute atomic E-state index is 0.109. The van der Waals surface area contributed by atoms with Crippen LogP contribution >= 0.6 is 23.2 Å². The molecule has 2 heterocycles. The Labute approximate surface area is 168 Å². The highest BCUT2D eigenvalue weighted by Gasteiger charge is 2.33. The van der Waals surface area contributed by atoms with Crippen LogP contribution in [0.15, 0.2) is 66.9 Å². The van der Waals surface area contributed by atoms with Crippen LogP contribution < -0.4 is 5.32 Å². The summed E-state index contributed by atoms with van der Waals surface area (Å²) < 4.78 is 2.16. The van der Waals surface area contributed by atoms with Gasteiger partial charge in [-0.3, -0.25) is 0 Å². The molecule has 2 aromatic carbocycles. The maximum atomic E-state index is 13.0. The van der Waals surface area contributed by atoms with Crippen molar-refractivity contribution in [1.82, 2.24) is 14.8 Å². The van der Waals surface area contributed by atoms with Crippen LogP contribution in [0.1, 0.15) is 22.9 Å². The number of rotatable bonds is 3. The van der Waals surface area contributed by atoms with Crippen molar-refractivity contribution in [3.63, 3.8) is 0 Å². The monoisotopic (exact) mass is 399 g/mol. The van der Waals surface area contributed by atoms with Crippen LogP contribution in [0, 0.1) is 0 Å². The molecule has 0 saturated carbocycles. The molecule has 0 aliphatic carbocycles. The minimum atomic E-state index is -0.255. The number of amides is 2. The summed E-state index contributed by atoms with van der Waals surface area (Å²) in [7, 11) is 0. The Kier molecular flexibility index (Phi) is 5.10. The van der Waals surface area contributed by atoms with E-state index in [9.17, 15) is 4.79 Å². The maximum absolute atomic E-state index is 13.0. The number of nitrogens with one attached hydrogen (secondary N) is 1. The number of aromatic nitrogens is 1. The van der Waals surface area contributed by atoms with Crippen LogP contribution in [0.25, 0.3) is 0 Å². The fourth-order valence-electron chi connectivity index (χ4n) is 3.53. The van der Waals surface area contributed by atoms with Gasteiger partial charge < -0.3 is 14.8 Å². The first-order chi connectivity index (χ1) is 13.1. The summed E-state index contributed by atoms with van der Waals surface area (Å²) in [6.07, 6.45) is 2.03. The lowest BCUT2D eigenvalue weighted by Gasteiger charge is -2.37. The lowest BCUT2D eigenvalue weighted by atomic mass is 10.00. The van der Waals surface area contributed by atoms with Crippen molar-refractivity contribution < 1.29 is 4.79 Å². The molecule has 0 radical (unpaired) electrons. The van der Waals surface area contributed by atoms with Crippen molar-refractivity contribution in [3.8, 4) is 0 Å². The van der Waals surface area contributed by atoms with Gasteiger partial charge in [0.2, 0.25) is 0 Å². The number of halogens is 2. The summed E-state index contributed by atoms with van der Waals surface area (Å²) in [5.74, 6) is 0. The van der Waals surface area contributed by atoms with Crippen molar-refractivity contribution in [3.05, 3.63) is 93.7 Å². The van der Waals surface area contributed by atoms with Gasteiger partial charge >= 0.3 is 6.03 Å². The number of carbonyl (C=O) groups excluding carboxylic acids is 1. The molecule has 3 aromatic rings. The first kappa shape index (κ1) is 18.0. The fraction of sp³-hybridized carbons (Fsp3) is 0.190. The van der Waals surface area contributed by atoms with Crippen molar-refractivity contribution in [1.29, 1.82) is 0 Å². The number of hydrogen-bond acceptors (Lipinski definition) is 1. The highest BCUT2D eigenvalue weighted by atomic mass is 35.5. The van der Waals surface area contributed by atoms with Crippen molar-refractivity contribution in [2.75, 3.05) is 6.54 Å². The standard InChI is InChI=1S/C21H19Cl2N3O/c22-16-8-9-17(18(23)13-16)20-19-7-4-10-25(19)11-12-26(20)21(27)24-14-15-5-2-1-3-6-15/h1-10,13,20H,11-12,14H2,(H,24,27)/t20-/m0/s1. The van der Waals surface area contributed by atoms with Gasteiger partial charge in [0.25, 0.3) is 0 Å². The molecular formula is C21H19Cl2N3O. The summed E-state index contributed by atoms with van der Waals surface area (Å²) >= 11 is 12.6. The molecule has 0 fully saturated rings. The summed E-state index contributed by atoms with van der Waals surface area (Å²) in [5.41, 5.74) is 2.98. The van der Waals surface area contributed by atoms with Gasteiger partial charge in [0.1, 0.15) is 6.04 Å². The maximum Gasteiger partial charge on any atom is 0.318 e. The second kappa shape index (κ2) is 7.67. The van der Waals surface area contributed by atoms with E-state index in [4.69, 9.17) is 23.2 Å². The zero-order valence-electron chi connectivity index (χ0n) is 14.6. The van der Waals surface area contributed by atoms with E-state index < -0.39 is 0 Å². The molecule has 1 aliphatic rings. The van der Waals surface area contributed by atoms with E-state index in [-0.39, 0.29) is 12.1 Å². The normalized spacial score (nSPS) is 16.1. The van der Waals surface area contributed by atoms with Gasteiger partial charge in [-0.15, -0.1) is 0 Å². The Morgan fingerprint density at radius 1 is 1.04 bits per heavy atom. The average molecular weight is 400 g/mol. The summed E-state index contributed by atoms with van der Waals surface area (Å²) in [6.45, 7) is 1.84. The van der Waals surface area contributed by atoms with Crippen molar-refractivity contribution >= 4 is 29.2 Å². The van der Waals surface area contributed by atoms with Crippen LogP contribution in [0.3, 0.4) is 0 Å². The molecule has 0 bridgehead atoms. The third-order valence-electron chi connectivity index (χ3n) is 4.84. The van der Waals surface area contributed by atoms with Gasteiger partial charge in [0, 0.05) is 41.6 Å². The molecule has 4 rings (SSSR count). The van der Waals surface area contributed by atoms with Gasteiger partial charge in [0.05, 0.1) is 0 Å². The topological polar surface area (TPSA) is 37.3 Å². The lowest BCUT2D eigenvalue weighted by molar-refractivity contribution is 0.168. The number of benzene rings is 2. The second-order valence-corrected chi connectivity index (χ2v) is 7.38. The number of carbonyl (C=O) groups is 1. The van der Waals surface area contributed by atoms with Gasteiger partial charge in [-0.1, -0.05) is 59.6 Å². The predicted octanol–water partition coefficient (Wildman–Crippen LogP) is 5.11. The summed E-state index contributed by atoms with van der Waals surface area (Å²) in [6, 6.07) is 19.0. The van der Waals surface area contributed by atoms with Gasteiger partial charge in [-0.25, -0.2) is 4.79 Å². The highest BCUT2D eigenvalue weighted by Crippen LogP contribution is 2.37. The molecule has 0 spiro atoms. The van der Waals surface area contributed by atoms with Gasteiger partial charge in [-0.2, -0.15) is 0 Å². The SMILES string of the molecule is O=C(NCc1ccccc1)N1CCn2cccc2[C@@H]1c1ccc(Cl)cc1Cl. The molecule has 4 nitrogen and oxygen atoms in total. The second-order valence-electron chi connectivity index (χ2n) is 6.53. The fourth-order valence-corrected chi connectivity index (χ4v) is 4.04. The first-order valence-corrected chi connectivity index (χ1v) is 9.57. The van der Waals surface area contributed by atoms with E-state index in [1.165, 1.54) is 0 Å². The Morgan fingerprint density at radius 3 is 2.63 bits per heavy atom. The smallest absolute Gasteiger partial charge is 0.318 e. The predicted molar refractivity (Wildman–Crippen MR) is 108 cm³/mol. The van der Waals surface area contributed by atoms with Crippen molar-refractivity contribution in [2.45, 2.75) is 19.1 Å². The van der Waals surface area contributed by atoms with Crippen LogP contribution in [0.2, 0.25) is 10.0 Å². The molecule has 1 aromatic heterocycles. The van der Waals surface area contributed by atoms with Gasteiger partial charge in [-0.05, 0) is 35.4 Å². The molecule has 1 N–H and O–H groups in total. The minimum Gasteiger partial charge on any atom is -0.348 e. The molecule has 138 valence electrons. The van der Waals surface area contributed by atoms with E-state index in [2.05, 4.69) is 9.88 Å². The molecule has 0 unspecified atom stereocenters. The van der Waals surface area contributed by atoms with E-state index in [1.54, 1.807) is 6.07 Å². The third kappa shape index (κ3) is 3.68. The Balaban J connectivity index is 1.63. The molecule has 27 heavy (non-hydrogen) atoms. The Bertz CT molecular complexity index is 955. The van der Waals surface area contributed by atoms with Crippen LogP contribution in [0.4, 0.5) is 4.79 Å². The molecule has 1 aliphatic heterocycles. The molecule has 6 heteroatoms. The molecular weight excluding hydrogens is 381 g/mol. The lowest BCUT2D eigenvalue weighted by Crippen LogP contribution is -2.47. The summed E-state index contributed by atoms with van der Waals surface area (Å²) in [5, 5.41) is 4.17. The molecule has 1 atom stereocenters. The largest absolute Gasteiger partial charge is 0.348 e. The number of urea groups is 1. The van der Waals surface area contributed by atoms with E-state index in [0.29, 0.717) is 23.1 Å². The number of fused-ring (bicyclic) bond motifs is 1. The number of hydrogen-bond donors (Lipinski definition) is 1. The first-order valence-electron chi connectivity index (χ1n) is 8.82. The Hall–Kier alpha value is -2.43. The quantitative estimate of drug-likeness (QED) is 0.652. The van der Waals surface area contributed by atoms with E-state index in [0.717, 1.165) is 23.4 Å². The zero-order chi connectivity index (χ0) is 18.8. The van der Waals surface area contributed by atoms with Gasteiger partial charge in [0.15, 0.2) is 0 Å². The zero-order valence-corrected chi connectivity index (χ0v) is 16.1. The van der Waals surface area contributed by atoms with E-state index >= 15 is 0 Å². The Morgan fingerprint density at radius 2 is 1.85 bits per heavy atom. The van der Waals surface area contributed by atoms with E-state index in [1.807, 2.05) is 65.7 Å². The van der Waals surface area contributed by atoms with Crippen LogP contribution in [0.5, 0.6) is 0 Å². The molecule has 2 amide bonds. The third-order valence-corrected chi connectivity index (χ3v) is 5.41. The number of nitrogens with zero attached hydrogens (tertiary/aromatic N) is 2.